The van der Waals surface area contributed by atoms with Crippen molar-refractivity contribution in [2.75, 3.05) is 0 Å². The van der Waals surface area contributed by atoms with Gasteiger partial charge >= 0.3 is 0 Å². The maximum Gasteiger partial charge on any atom is 0.192 e. The molecule has 0 aliphatic carbocycles. The van der Waals surface area contributed by atoms with Crippen LogP contribution in [0.25, 0.3) is 0 Å². The van der Waals surface area contributed by atoms with E-state index in [1.54, 1.807) is 6.92 Å². The lowest BCUT2D eigenvalue weighted by Gasteiger charge is -2.19. The average Bonchev–Trinajstić information content (AvgIpc) is 1.95. The molecule has 4 heteroatoms. The van der Waals surface area contributed by atoms with Crippen LogP contribution in [0.4, 0.5) is 0 Å². The summed E-state index contributed by atoms with van der Waals surface area (Å²) in [4.78, 5) is 0. The van der Waals surface area contributed by atoms with Crippen molar-refractivity contribution in [3.63, 3.8) is 0 Å². The Morgan fingerprint density at radius 2 is 1.90 bits per heavy atom. The summed E-state index contributed by atoms with van der Waals surface area (Å²) < 4.78 is 4.83. The summed E-state index contributed by atoms with van der Waals surface area (Å²) in [6.07, 6.45) is -2.71. The van der Waals surface area contributed by atoms with Crippen molar-refractivity contribution in [3.8, 4) is 0 Å². The summed E-state index contributed by atoms with van der Waals surface area (Å²) >= 11 is 0. The van der Waals surface area contributed by atoms with Gasteiger partial charge in [-0.15, -0.1) is 0 Å². The highest BCUT2D eigenvalue weighted by molar-refractivity contribution is 4.90. The third-order valence-electron chi connectivity index (χ3n) is 1.78. The molecular formula is C6H12O4. The molecule has 10 heavy (non-hydrogen) atoms. The molecule has 4 atom stereocenters. The lowest BCUT2D eigenvalue weighted by atomic mass is 10.1. The van der Waals surface area contributed by atoms with Gasteiger partial charge in [0.2, 0.25) is 0 Å². The smallest absolute Gasteiger partial charge is 0.192 e. The Morgan fingerprint density at radius 1 is 1.40 bits per heavy atom. The first-order valence-corrected chi connectivity index (χ1v) is 3.21. The van der Waals surface area contributed by atoms with Crippen LogP contribution < -0.4 is 0 Å². The van der Waals surface area contributed by atoms with Crippen molar-refractivity contribution in [3.05, 3.63) is 0 Å². The van der Waals surface area contributed by atoms with Crippen LogP contribution in [0.1, 0.15) is 13.8 Å². The normalized spacial score (nSPS) is 55.5. The van der Waals surface area contributed by atoms with Gasteiger partial charge in [0.1, 0.15) is 12.2 Å². The fourth-order valence-corrected chi connectivity index (χ4v) is 1.09. The maximum atomic E-state index is 9.17. The van der Waals surface area contributed by atoms with Crippen LogP contribution in [-0.2, 0) is 4.74 Å². The van der Waals surface area contributed by atoms with E-state index in [1.165, 1.54) is 6.92 Å². The molecule has 1 heterocycles. The summed E-state index contributed by atoms with van der Waals surface area (Å²) in [5, 5.41) is 27.3. The number of aliphatic hydroxyl groups excluding tert-OH is 2. The molecule has 1 saturated heterocycles. The first-order chi connectivity index (χ1) is 4.45. The Kier molecular flexibility index (Phi) is 1.72. The van der Waals surface area contributed by atoms with E-state index in [4.69, 9.17) is 14.9 Å². The second kappa shape index (κ2) is 2.17. The van der Waals surface area contributed by atoms with Crippen LogP contribution >= 0.6 is 0 Å². The van der Waals surface area contributed by atoms with Crippen LogP contribution in [0.3, 0.4) is 0 Å². The van der Waals surface area contributed by atoms with Crippen LogP contribution in [0.15, 0.2) is 0 Å². The highest BCUT2D eigenvalue weighted by Gasteiger charge is 2.48. The van der Waals surface area contributed by atoms with Crippen LogP contribution in [0.5, 0.6) is 0 Å². The zero-order chi connectivity index (χ0) is 7.94. The largest absolute Gasteiger partial charge is 0.387 e. The molecule has 1 fully saturated rings. The number of aliphatic hydroxyl groups is 3. The molecule has 60 valence electrons. The van der Waals surface area contributed by atoms with Crippen molar-refractivity contribution in [2.45, 2.75) is 37.9 Å². The molecule has 0 radical (unpaired) electrons. The average molecular weight is 148 g/mol. The van der Waals surface area contributed by atoms with E-state index in [0.717, 1.165) is 0 Å². The van der Waals surface area contributed by atoms with Gasteiger partial charge in [-0.1, -0.05) is 0 Å². The van der Waals surface area contributed by atoms with Gasteiger partial charge in [0.05, 0.1) is 6.10 Å². The van der Waals surface area contributed by atoms with E-state index < -0.39 is 24.1 Å². The molecule has 0 aromatic rings. The molecule has 0 amide bonds. The third-order valence-corrected chi connectivity index (χ3v) is 1.78. The van der Waals surface area contributed by atoms with Crippen molar-refractivity contribution in [1.29, 1.82) is 0 Å². The fourth-order valence-electron chi connectivity index (χ4n) is 1.09. The molecule has 1 rings (SSSR count). The summed E-state index contributed by atoms with van der Waals surface area (Å²) in [6.45, 7) is 2.92. The summed E-state index contributed by atoms with van der Waals surface area (Å²) in [7, 11) is 0. The van der Waals surface area contributed by atoms with E-state index in [0.29, 0.717) is 0 Å². The highest BCUT2D eigenvalue weighted by atomic mass is 16.7. The molecule has 0 aromatic carbocycles. The molecule has 0 spiro atoms. The van der Waals surface area contributed by atoms with Crippen molar-refractivity contribution in [2.24, 2.45) is 0 Å². The van der Waals surface area contributed by atoms with E-state index in [-0.39, 0.29) is 0 Å². The van der Waals surface area contributed by atoms with Crippen LogP contribution in [-0.4, -0.2) is 39.4 Å². The summed E-state index contributed by atoms with van der Waals surface area (Å²) in [5.41, 5.74) is 0. The minimum atomic E-state index is -1.60. The maximum absolute atomic E-state index is 9.17. The lowest BCUT2D eigenvalue weighted by Crippen LogP contribution is -2.40. The molecule has 0 aromatic heterocycles. The number of rotatable bonds is 0. The van der Waals surface area contributed by atoms with Crippen LogP contribution in [0, 0.1) is 0 Å². The lowest BCUT2D eigenvalue weighted by molar-refractivity contribution is -0.212. The predicted octanol–water partition coefficient (Wildman–Crippen LogP) is -1.16. The molecular weight excluding hydrogens is 136 g/mol. The van der Waals surface area contributed by atoms with Gasteiger partial charge in [0, 0.05) is 0 Å². The van der Waals surface area contributed by atoms with E-state index >= 15 is 0 Å². The SMILES string of the molecule is C[C@H]1OC(C)(O)[C@H](O)[C@@H]1O. The summed E-state index contributed by atoms with van der Waals surface area (Å²) in [5.74, 6) is -1.60. The van der Waals surface area contributed by atoms with Gasteiger partial charge in [-0.05, 0) is 13.8 Å². The zero-order valence-corrected chi connectivity index (χ0v) is 5.98. The minimum Gasteiger partial charge on any atom is -0.387 e. The van der Waals surface area contributed by atoms with Crippen molar-refractivity contribution < 1.29 is 20.1 Å². The first-order valence-electron chi connectivity index (χ1n) is 3.21. The van der Waals surface area contributed by atoms with E-state index in [9.17, 15) is 5.11 Å². The van der Waals surface area contributed by atoms with Gasteiger partial charge in [-0.25, -0.2) is 0 Å². The summed E-state index contributed by atoms with van der Waals surface area (Å²) in [6, 6.07) is 0. The van der Waals surface area contributed by atoms with Gasteiger partial charge < -0.3 is 20.1 Å². The van der Waals surface area contributed by atoms with Crippen molar-refractivity contribution >= 4 is 0 Å². The number of ether oxygens (including phenoxy) is 1. The zero-order valence-electron chi connectivity index (χ0n) is 5.98. The quantitative estimate of drug-likeness (QED) is 0.405. The Labute approximate surface area is 59.1 Å². The van der Waals surface area contributed by atoms with Gasteiger partial charge in [0.25, 0.3) is 0 Å². The van der Waals surface area contributed by atoms with E-state index in [1.807, 2.05) is 0 Å². The fraction of sp³-hybridized carbons (Fsp3) is 1.00. The topological polar surface area (TPSA) is 69.9 Å². The van der Waals surface area contributed by atoms with Gasteiger partial charge in [-0.2, -0.15) is 0 Å². The molecule has 0 bridgehead atoms. The van der Waals surface area contributed by atoms with E-state index in [2.05, 4.69) is 0 Å². The third kappa shape index (κ3) is 1.03. The molecule has 1 aliphatic rings. The number of hydrogen-bond acceptors (Lipinski definition) is 4. The second-order valence-electron chi connectivity index (χ2n) is 2.81. The monoisotopic (exact) mass is 148 g/mol. The molecule has 0 saturated carbocycles. The first kappa shape index (κ1) is 7.94. The molecule has 4 nitrogen and oxygen atoms in total. The Morgan fingerprint density at radius 3 is 2.00 bits per heavy atom. The molecule has 1 unspecified atom stereocenters. The van der Waals surface area contributed by atoms with Crippen LogP contribution in [0.2, 0.25) is 0 Å². The predicted molar refractivity (Wildman–Crippen MR) is 33.2 cm³/mol. The molecule has 3 N–H and O–H groups in total. The van der Waals surface area contributed by atoms with Crippen molar-refractivity contribution in [1.82, 2.24) is 0 Å². The van der Waals surface area contributed by atoms with Gasteiger partial charge in [-0.3, -0.25) is 0 Å². The Bertz CT molecular complexity index is 134. The highest BCUT2D eigenvalue weighted by Crippen LogP contribution is 2.27. The van der Waals surface area contributed by atoms with Gasteiger partial charge in [0.15, 0.2) is 5.79 Å². The Hall–Kier alpha value is -0.160. The molecule has 1 aliphatic heterocycles. The number of hydrogen-bond donors (Lipinski definition) is 3. The standard InChI is InChI=1S/C6H12O4/c1-3-4(7)5(8)6(2,9)10-3/h3-5,7-9H,1-2H3/t3-,4-,5-,6?/m1/s1. The second-order valence-corrected chi connectivity index (χ2v) is 2.81. The minimum absolute atomic E-state index is 0.509. The Balaban J connectivity index is 2.71.